The monoisotopic (exact) mass is 421 g/mol. The molecule has 1 N–H and O–H groups in total. The third-order valence-electron chi connectivity index (χ3n) is 4.97. The molecule has 0 aromatic carbocycles. The highest BCUT2D eigenvalue weighted by atomic mass is 19.4. The van der Waals surface area contributed by atoms with E-state index in [1.165, 1.54) is 12.3 Å². The number of carbonyl (C=O) groups is 2. The van der Waals surface area contributed by atoms with Crippen LogP contribution in [0.3, 0.4) is 0 Å². The van der Waals surface area contributed by atoms with Crippen molar-refractivity contribution in [3.8, 4) is 5.88 Å². The van der Waals surface area contributed by atoms with E-state index in [4.69, 9.17) is 9.47 Å². The van der Waals surface area contributed by atoms with Crippen molar-refractivity contribution in [2.24, 2.45) is 0 Å². The number of ether oxygens (including phenoxy) is 2. The van der Waals surface area contributed by atoms with Gasteiger partial charge in [0.05, 0.1) is 18.1 Å². The van der Waals surface area contributed by atoms with Crippen LogP contribution in [0.15, 0.2) is 47.6 Å². The van der Waals surface area contributed by atoms with Gasteiger partial charge in [-0.3, -0.25) is 4.79 Å². The number of anilines is 1. The molecule has 7 nitrogen and oxygen atoms in total. The van der Waals surface area contributed by atoms with E-state index < -0.39 is 29.8 Å². The molecule has 4 rings (SSSR count). The van der Waals surface area contributed by atoms with Crippen LogP contribution in [0.4, 0.5) is 23.7 Å². The summed E-state index contributed by atoms with van der Waals surface area (Å²) in [5, 5.41) is 2.58. The van der Waals surface area contributed by atoms with Gasteiger partial charge in [0.15, 0.2) is 0 Å². The molecular weight excluding hydrogens is 403 g/mol. The van der Waals surface area contributed by atoms with Crippen LogP contribution in [0, 0.1) is 6.92 Å². The fraction of sp³-hybridized carbons (Fsp3) is 0.350. The average Bonchev–Trinajstić information content (AvgIpc) is 3.15. The van der Waals surface area contributed by atoms with Gasteiger partial charge in [-0.2, -0.15) is 13.2 Å². The fourth-order valence-electron chi connectivity index (χ4n) is 3.41. The van der Waals surface area contributed by atoms with Crippen molar-refractivity contribution in [1.82, 2.24) is 10.3 Å². The molecule has 1 aliphatic carbocycles. The molecular formula is C20H18F3N3O4. The first-order valence-corrected chi connectivity index (χ1v) is 9.12. The molecule has 158 valence electrons. The second kappa shape index (κ2) is 6.61. The standard InChI is InChI=1S/C20H18F3N3O4/c1-10-6-12(26-17(27)19(2,3)25-18(26)28)8-24-16(10)30-13-5-4-11-9-29-15(14(11)7-13)20(21,22)23/h5-9,15H,4H2,1-3H3,(H,25,28). The maximum atomic E-state index is 13.1. The number of nitrogens with zero attached hydrogens (tertiary/aromatic N) is 2. The number of urea groups is 1. The zero-order valence-electron chi connectivity index (χ0n) is 16.3. The maximum Gasteiger partial charge on any atom is 0.429 e. The first-order chi connectivity index (χ1) is 14.0. The number of amides is 3. The number of halogens is 3. The van der Waals surface area contributed by atoms with E-state index in [0.29, 0.717) is 11.1 Å². The molecule has 0 bridgehead atoms. The molecule has 1 fully saturated rings. The summed E-state index contributed by atoms with van der Waals surface area (Å²) < 4.78 is 49.8. The van der Waals surface area contributed by atoms with Crippen LogP contribution in [-0.2, 0) is 9.53 Å². The number of allylic oxidation sites excluding steroid dienone is 2. The number of rotatable bonds is 3. The highest BCUT2D eigenvalue weighted by Gasteiger charge is 2.48. The Labute approximate surface area is 169 Å². The third kappa shape index (κ3) is 3.31. The number of alkyl halides is 3. The summed E-state index contributed by atoms with van der Waals surface area (Å²) in [5.74, 6) is -0.0507. The molecule has 2 aliphatic heterocycles. The van der Waals surface area contributed by atoms with Crippen LogP contribution in [0.2, 0.25) is 0 Å². The largest absolute Gasteiger partial charge is 0.483 e. The number of carbonyl (C=O) groups excluding carboxylic acids is 2. The van der Waals surface area contributed by atoms with Crippen molar-refractivity contribution in [3.63, 3.8) is 0 Å². The first kappa shape index (κ1) is 20.0. The van der Waals surface area contributed by atoms with Crippen LogP contribution in [0.25, 0.3) is 0 Å². The van der Waals surface area contributed by atoms with E-state index in [0.717, 1.165) is 11.2 Å². The van der Waals surface area contributed by atoms with Crippen LogP contribution in [0.1, 0.15) is 25.8 Å². The zero-order chi connectivity index (χ0) is 21.8. The minimum Gasteiger partial charge on any atom is -0.483 e. The highest BCUT2D eigenvalue weighted by molar-refractivity contribution is 6.22. The van der Waals surface area contributed by atoms with Gasteiger partial charge in [0, 0.05) is 11.1 Å². The second-order valence-electron chi connectivity index (χ2n) is 7.72. The highest BCUT2D eigenvalue weighted by Crippen LogP contribution is 2.40. The number of hydrogen-bond acceptors (Lipinski definition) is 5. The van der Waals surface area contributed by atoms with Crippen molar-refractivity contribution in [2.45, 2.75) is 45.0 Å². The SMILES string of the molecule is Cc1cc(N2C(=O)NC(C)(C)C2=O)cnc1OC1=CCC2=COC(C(F)(F)F)C2=C1. The number of imide groups is 1. The number of hydrogen-bond donors (Lipinski definition) is 1. The van der Waals surface area contributed by atoms with E-state index in [1.54, 1.807) is 32.9 Å². The lowest BCUT2D eigenvalue weighted by atomic mass is 9.95. The lowest BCUT2D eigenvalue weighted by molar-refractivity contribution is -0.188. The molecule has 1 aromatic heterocycles. The summed E-state index contributed by atoms with van der Waals surface area (Å²) in [6.45, 7) is 4.85. The van der Waals surface area contributed by atoms with Gasteiger partial charge < -0.3 is 14.8 Å². The van der Waals surface area contributed by atoms with E-state index in [2.05, 4.69) is 10.3 Å². The molecule has 0 spiro atoms. The van der Waals surface area contributed by atoms with Gasteiger partial charge in [0.2, 0.25) is 12.0 Å². The number of nitrogens with one attached hydrogen (secondary N) is 1. The molecule has 3 aliphatic rings. The Morgan fingerprint density at radius 2 is 2.07 bits per heavy atom. The van der Waals surface area contributed by atoms with E-state index in [-0.39, 0.29) is 29.3 Å². The van der Waals surface area contributed by atoms with Crippen LogP contribution < -0.4 is 15.0 Å². The Kier molecular flexibility index (Phi) is 4.41. The van der Waals surface area contributed by atoms with Crippen molar-refractivity contribution >= 4 is 17.6 Å². The summed E-state index contributed by atoms with van der Waals surface area (Å²) in [4.78, 5) is 29.7. The molecule has 1 atom stereocenters. The first-order valence-electron chi connectivity index (χ1n) is 9.12. The summed E-state index contributed by atoms with van der Waals surface area (Å²) in [6, 6.07) is 0.999. The number of aryl methyl sites for hydroxylation is 1. The maximum absolute atomic E-state index is 13.1. The van der Waals surface area contributed by atoms with Gasteiger partial charge in [-0.15, -0.1) is 0 Å². The number of fused-ring (bicyclic) bond motifs is 1. The molecule has 3 amide bonds. The van der Waals surface area contributed by atoms with E-state index in [1.807, 2.05) is 0 Å². The Morgan fingerprint density at radius 3 is 2.67 bits per heavy atom. The Morgan fingerprint density at radius 1 is 1.33 bits per heavy atom. The molecule has 30 heavy (non-hydrogen) atoms. The van der Waals surface area contributed by atoms with Gasteiger partial charge in [-0.1, -0.05) is 0 Å². The minimum absolute atomic E-state index is 0.0100. The average molecular weight is 421 g/mol. The quantitative estimate of drug-likeness (QED) is 0.754. The summed E-state index contributed by atoms with van der Waals surface area (Å²) in [7, 11) is 0. The Balaban J connectivity index is 1.56. The number of pyridine rings is 1. The van der Waals surface area contributed by atoms with Crippen molar-refractivity contribution < 1.29 is 32.2 Å². The Bertz CT molecular complexity index is 1040. The predicted octanol–water partition coefficient (Wildman–Crippen LogP) is 3.66. The van der Waals surface area contributed by atoms with E-state index in [9.17, 15) is 22.8 Å². The van der Waals surface area contributed by atoms with Crippen molar-refractivity contribution in [3.05, 3.63) is 53.1 Å². The van der Waals surface area contributed by atoms with Gasteiger partial charge >= 0.3 is 12.2 Å². The minimum atomic E-state index is -4.53. The lowest BCUT2D eigenvalue weighted by Gasteiger charge is -2.20. The van der Waals surface area contributed by atoms with Crippen LogP contribution in [-0.4, -0.2) is 34.7 Å². The molecule has 1 unspecified atom stereocenters. The van der Waals surface area contributed by atoms with Crippen molar-refractivity contribution in [2.75, 3.05) is 4.90 Å². The molecule has 3 heterocycles. The van der Waals surface area contributed by atoms with Crippen molar-refractivity contribution in [1.29, 1.82) is 0 Å². The molecule has 0 saturated carbocycles. The predicted molar refractivity (Wildman–Crippen MR) is 99.5 cm³/mol. The van der Waals surface area contributed by atoms with Gasteiger partial charge in [-0.05, 0) is 51.0 Å². The van der Waals surface area contributed by atoms with Gasteiger partial charge in [-0.25, -0.2) is 14.7 Å². The second-order valence-corrected chi connectivity index (χ2v) is 7.72. The Hall–Kier alpha value is -3.30. The normalized spacial score (nSPS) is 22.7. The topological polar surface area (TPSA) is 80.8 Å². The smallest absolute Gasteiger partial charge is 0.429 e. The summed E-state index contributed by atoms with van der Waals surface area (Å²) >= 11 is 0. The molecule has 10 heteroatoms. The summed E-state index contributed by atoms with van der Waals surface area (Å²) in [5.41, 5.74) is 0.216. The molecule has 1 saturated heterocycles. The van der Waals surface area contributed by atoms with E-state index >= 15 is 0 Å². The molecule has 0 radical (unpaired) electrons. The zero-order valence-corrected chi connectivity index (χ0v) is 16.3. The van der Waals surface area contributed by atoms with Crippen LogP contribution >= 0.6 is 0 Å². The molecule has 1 aromatic rings. The third-order valence-corrected chi connectivity index (χ3v) is 4.97. The van der Waals surface area contributed by atoms with Crippen LogP contribution in [0.5, 0.6) is 5.88 Å². The fourth-order valence-corrected chi connectivity index (χ4v) is 3.41. The number of aromatic nitrogens is 1. The summed E-state index contributed by atoms with van der Waals surface area (Å²) in [6.07, 6.45) is -0.960. The van der Waals surface area contributed by atoms with Gasteiger partial charge in [0.1, 0.15) is 11.3 Å². The lowest BCUT2D eigenvalue weighted by Crippen LogP contribution is -2.40. The van der Waals surface area contributed by atoms with Gasteiger partial charge in [0.25, 0.3) is 5.91 Å².